The maximum absolute atomic E-state index is 11.9. The number of aromatic nitrogens is 3. The first-order valence-electron chi connectivity index (χ1n) is 7.88. The number of furan rings is 1. The maximum Gasteiger partial charge on any atom is 0.220 e. The highest BCUT2D eigenvalue weighted by Crippen LogP contribution is 2.18. The first kappa shape index (κ1) is 16.0. The highest BCUT2D eigenvalue weighted by molar-refractivity contribution is 5.76. The number of hydrogen-bond donors (Lipinski definition) is 1. The van der Waals surface area contributed by atoms with Crippen LogP contribution in [0.2, 0.25) is 0 Å². The van der Waals surface area contributed by atoms with E-state index >= 15 is 0 Å². The van der Waals surface area contributed by atoms with Crippen molar-refractivity contribution in [2.24, 2.45) is 0 Å². The number of rotatable bonds is 7. The van der Waals surface area contributed by atoms with Crippen LogP contribution in [0.5, 0.6) is 0 Å². The number of amides is 1. The summed E-state index contributed by atoms with van der Waals surface area (Å²) in [7, 11) is 0. The normalized spacial score (nSPS) is 10.9. The molecule has 7 nitrogen and oxygen atoms in total. The van der Waals surface area contributed by atoms with Gasteiger partial charge in [0.15, 0.2) is 0 Å². The monoisotopic (exact) mass is 328 g/mol. The van der Waals surface area contributed by atoms with E-state index in [-0.39, 0.29) is 5.91 Å². The highest BCUT2D eigenvalue weighted by atomic mass is 16.5. The lowest BCUT2D eigenvalue weighted by Gasteiger charge is -2.05. The molecule has 1 amide bonds. The molecule has 7 heteroatoms. The Hall–Kier alpha value is -2.83. The molecule has 24 heavy (non-hydrogen) atoms. The average Bonchev–Trinajstić information content (AvgIpc) is 3.28. The van der Waals surface area contributed by atoms with Crippen LogP contribution in [0, 0.1) is 13.8 Å². The van der Waals surface area contributed by atoms with E-state index in [2.05, 4.69) is 15.6 Å². The molecule has 0 aliphatic heterocycles. The molecule has 0 atom stereocenters. The van der Waals surface area contributed by atoms with Crippen molar-refractivity contribution in [3.05, 3.63) is 47.8 Å². The summed E-state index contributed by atoms with van der Waals surface area (Å²) in [6.45, 7) is 4.89. The third kappa shape index (κ3) is 3.73. The van der Waals surface area contributed by atoms with E-state index in [0.717, 1.165) is 28.3 Å². The summed E-state index contributed by atoms with van der Waals surface area (Å²) in [4.78, 5) is 11.9. The van der Waals surface area contributed by atoms with Crippen LogP contribution in [-0.2, 0) is 17.8 Å². The fourth-order valence-electron chi connectivity index (χ4n) is 2.55. The summed E-state index contributed by atoms with van der Waals surface area (Å²) >= 11 is 0. The highest BCUT2D eigenvalue weighted by Gasteiger charge is 2.11. The molecule has 0 aliphatic carbocycles. The van der Waals surface area contributed by atoms with Crippen LogP contribution in [0.25, 0.3) is 11.3 Å². The zero-order valence-electron chi connectivity index (χ0n) is 13.8. The molecule has 3 aromatic rings. The van der Waals surface area contributed by atoms with Crippen molar-refractivity contribution in [3.8, 4) is 11.3 Å². The molecule has 0 saturated carbocycles. The van der Waals surface area contributed by atoms with Gasteiger partial charge in [0.2, 0.25) is 5.91 Å². The molecule has 0 unspecified atom stereocenters. The van der Waals surface area contributed by atoms with E-state index in [4.69, 9.17) is 8.94 Å². The molecule has 0 radical (unpaired) electrons. The predicted molar refractivity (Wildman–Crippen MR) is 87.2 cm³/mol. The molecule has 0 fully saturated rings. The summed E-state index contributed by atoms with van der Waals surface area (Å²) in [5.74, 6) is 1.57. The molecule has 0 saturated heterocycles. The van der Waals surface area contributed by atoms with Crippen molar-refractivity contribution in [2.75, 3.05) is 6.54 Å². The van der Waals surface area contributed by atoms with Crippen molar-refractivity contribution in [3.63, 3.8) is 0 Å². The van der Waals surface area contributed by atoms with Crippen LogP contribution in [0.3, 0.4) is 0 Å². The van der Waals surface area contributed by atoms with E-state index in [1.165, 1.54) is 0 Å². The van der Waals surface area contributed by atoms with E-state index in [1.54, 1.807) is 17.1 Å². The number of nitrogens with one attached hydrogen (secondary N) is 1. The quantitative estimate of drug-likeness (QED) is 0.720. The molecule has 3 heterocycles. The molecule has 1 N–H and O–H groups in total. The van der Waals surface area contributed by atoms with Crippen molar-refractivity contribution in [1.29, 1.82) is 0 Å². The van der Waals surface area contributed by atoms with Gasteiger partial charge in [0.1, 0.15) is 11.5 Å². The van der Waals surface area contributed by atoms with Gasteiger partial charge in [0, 0.05) is 24.7 Å². The van der Waals surface area contributed by atoms with Crippen LogP contribution in [-0.4, -0.2) is 27.4 Å². The Kier molecular flexibility index (Phi) is 4.79. The Morgan fingerprint density at radius 2 is 2.25 bits per heavy atom. The number of carbonyl (C=O) groups is 1. The van der Waals surface area contributed by atoms with Gasteiger partial charge in [-0.3, -0.25) is 9.48 Å². The average molecular weight is 328 g/mol. The molecule has 0 aromatic carbocycles. The lowest BCUT2D eigenvalue weighted by Crippen LogP contribution is -2.27. The smallest absolute Gasteiger partial charge is 0.220 e. The van der Waals surface area contributed by atoms with Crippen LogP contribution >= 0.6 is 0 Å². The van der Waals surface area contributed by atoms with Crippen LogP contribution in [0.15, 0.2) is 39.7 Å². The summed E-state index contributed by atoms with van der Waals surface area (Å²) in [6.07, 6.45) is 6.33. The van der Waals surface area contributed by atoms with Gasteiger partial charge in [-0.1, -0.05) is 5.16 Å². The van der Waals surface area contributed by atoms with Gasteiger partial charge in [0.05, 0.1) is 30.3 Å². The minimum absolute atomic E-state index is 0.00779. The number of hydrogen-bond acceptors (Lipinski definition) is 5. The number of nitrogens with zero attached hydrogens (tertiary/aromatic N) is 3. The van der Waals surface area contributed by atoms with Gasteiger partial charge in [-0.25, -0.2) is 0 Å². The Morgan fingerprint density at radius 1 is 1.38 bits per heavy atom. The third-order valence-electron chi connectivity index (χ3n) is 3.89. The van der Waals surface area contributed by atoms with Gasteiger partial charge in [-0.15, -0.1) is 0 Å². The first-order valence-corrected chi connectivity index (χ1v) is 7.88. The predicted octanol–water partition coefficient (Wildman–Crippen LogP) is 2.50. The van der Waals surface area contributed by atoms with E-state index in [1.807, 2.05) is 32.2 Å². The van der Waals surface area contributed by atoms with Crippen LogP contribution in [0.4, 0.5) is 0 Å². The molecule has 3 rings (SSSR count). The zero-order chi connectivity index (χ0) is 16.9. The van der Waals surface area contributed by atoms with Crippen LogP contribution < -0.4 is 5.32 Å². The second-order valence-electron chi connectivity index (χ2n) is 5.62. The molecule has 0 spiro atoms. The Labute approximate surface area is 139 Å². The van der Waals surface area contributed by atoms with Crippen molar-refractivity contribution >= 4 is 5.91 Å². The standard InChI is InChI=1S/C17H20N4O3/c1-12-15(13(2)24-20-12)5-6-17(22)18-7-8-21-11-14(10-19-21)16-4-3-9-23-16/h3-4,9-11H,5-8H2,1-2H3,(H,18,22). The maximum atomic E-state index is 11.9. The number of aryl methyl sites for hydroxylation is 2. The van der Waals surface area contributed by atoms with Gasteiger partial charge in [-0.2, -0.15) is 5.10 Å². The van der Waals surface area contributed by atoms with Gasteiger partial charge >= 0.3 is 0 Å². The van der Waals surface area contributed by atoms with Gasteiger partial charge in [0.25, 0.3) is 0 Å². The zero-order valence-corrected chi connectivity index (χ0v) is 13.8. The molecular formula is C17H20N4O3. The Morgan fingerprint density at radius 3 is 2.96 bits per heavy atom. The van der Waals surface area contributed by atoms with Gasteiger partial charge < -0.3 is 14.3 Å². The lowest BCUT2D eigenvalue weighted by atomic mass is 10.1. The largest absolute Gasteiger partial charge is 0.464 e. The minimum atomic E-state index is 0.00779. The summed E-state index contributed by atoms with van der Waals surface area (Å²) in [5.41, 5.74) is 2.78. The van der Waals surface area contributed by atoms with E-state index in [9.17, 15) is 4.79 Å². The molecule has 126 valence electrons. The Balaban J connectivity index is 1.42. The summed E-state index contributed by atoms with van der Waals surface area (Å²) < 4.78 is 12.2. The van der Waals surface area contributed by atoms with Crippen molar-refractivity contribution in [2.45, 2.75) is 33.2 Å². The number of carbonyl (C=O) groups excluding carboxylic acids is 1. The fraction of sp³-hybridized carbons (Fsp3) is 0.353. The fourth-order valence-corrected chi connectivity index (χ4v) is 2.55. The molecule has 3 aromatic heterocycles. The topological polar surface area (TPSA) is 86.1 Å². The molecule has 0 bridgehead atoms. The van der Waals surface area contributed by atoms with E-state index < -0.39 is 0 Å². The van der Waals surface area contributed by atoms with Crippen molar-refractivity contribution in [1.82, 2.24) is 20.3 Å². The summed E-state index contributed by atoms with van der Waals surface area (Å²) in [6, 6.07) is 3.73. The Bertz CT molecular complexity index is 782. The second-order valence-corrected chi connectivity index (χ2v) is 5.62. The summed E-state index contributed by atoms with van der Waals surface area (Å²) in [5, 5.41) is 11.1. The molecule has 0 aliphatic rings. The van der Waals surface area contributed by atoms with Crippen LogP contribution in [0.1, 0.15) is 23.4 Å². The van der Waals surface area contributed by atoms with Gasteiger partial charge in [-0.05, 0) is 32.4 Å². The molecular weight excluding hydrogens is 308 g/mol. The lowest BCUT2D eigenvalue weighted by molar-refractivity contribution is -0.121. The van der Waals surface area contributed by atoms with Crippen molar-refractivity contribution < 1.29 is 13.7 Å². The SMILES string of the molecule is Cc1noc(C)c1CCC(=O)NCCn1cc(-c2ccco2)cn1. The second kappa shape index (κ2) is 7.16. The minimum Gasteiger partial charge on any atom is -0.464 e. The van der Waals surface area contributed by atoms with E-state index in [0.29, 0.717) is 25.9 Å². The first-order chi connectivity index (χ1) is 11.6. The third-order valence-corrected chi connectivity index (χ3v) is 3.89.